The van der Waals surface area contributed by atoms with E-state index in [0.29, 0.717) is 6.54 Å². The van der Waals surface area contributed by atoms with Crippen molar-refractivity contribution >= 4 is 11.9 Å². The number of carbonyl (C=O) groups excluding carboxylic acids is 1. The molecule has 1 unspecified atom stereocenters. The van der Waals surface area contributed by atoms with Crippen molar-refractivity contribution in [2.24, 2.45) is 10.7 Å². The monoisotopic (exact) mass is 233 g/mol. The van der Waals surface area contributed by atoms with Crippen LogP contribution in [0.1, 0.15) is 11.6 Å². The molecule has 0 saturated heterocycles. The number of amides is 2. The van der Waals surface area contributed by atoms with Crippen molar-refractivity contribution in [1.29, 1.82) is 0 Å². The average molecular weight is 233 g/mol. The first-order chi connectivity index (χ1) is 8.13. The largest absolute Gasteiger partial charge is 0.385 e. The van der Waals surface area contributed by atoms with Crippen LogP contribution in [0.3, 0.4) is 0 Å². The molecule has 0 aliphatic carbocycles. The zero-order valence-corrected chi connectivity index (χ0v) is 9.14. The van der Waals surface area contributed by atoms with E-state index in [2.05, 4.69) is 11.6 Å². The highest BCUT2D eigenvalue weighted by Gasteiger charge is 2.33. The van der Waals surface area contributed by atoms with Crippen LogP contribution in [-0.4, -0.2) is 23.3 Å². The van der Waals surface area contributed by atoms with E-state index in [1.165, 1.54) is 17.0 Å². The van der Waals surface area contributed by atoms with E-state index < -0.39 is 12.1 Å². The molecule has 1 heterocycles. The molecule has 1 aliphatic heterocycles. The Balaban J connectivity index is 2.35. The summed E-state index contributed by atoms with van der Waals surface area (Å²) < 4.78 is 12.8. The Labute approximate surface area is 98.2 Å². The molecule has 0 saturated carbocycles. The minimum absolute atomic E-state index is 0.225. The van der Waals surface area contributed by atoms with Gasteiger partial charge in [-0.05, 0) is 17.7 Å². The van der Waals surface area contributed by atoms with Crippen LogP contribution in [0.5, 0.6) is 0 Å². The summed E-state index contributed by atoms with van der Waals surface area (Å²) in [6, 6.07) is 5.03. The maximum Gasteiger partial charge on any atom is 0.346 e. The molecule has 88 valence electrons. The van der Waals surface area contributed by atoms with Gasteiger partial charge in [-0.3, -0.25) is 0 Å². The van der Waals surface area contributed by atoms with Crippen molar-refractivity contribution in [3.8, 4) is 0 Å². The zero-order chi connectivity index (χ0) is 12.4. The first-order valence-corrected chi connectivity index (χ1v) is 5.14. The molecule has 5 heteroatoms. The SMILES string of the molecule is C=CCN1C(=O)N=C(N)C1c1ccc(F)cc1. The van der Waals surface area contributed by atoms with Crippen LogP contribution in [-0.2, 0) is 0 Å². The van der Waals surface area contributed by atoms with Crippen molar-refractivity contribution in [2.75, 3.05) is 6.54 Å². The molecule has 0 fully saturated rings. The standard InChI is InChI=1S/C12H12FN3O/c1-2-7-16-10(11(14)15-12(16)17)8-3-5-9(13)6-4-8/h2-6,10H,1,7H2,(H2,14,15,17). The second-order valence-electron chi connectivity index (χ2n) is 3.71. The average Bonchev–Trinajstić information content (AvgIpc) is 2.56. The lowest BCUT2D eigenvalue weighted by Gasteiger charge is -2.23. The van der Waals surface area contributed by atoms with Gasteiger partial charge in [-0.15, -0.1) is 6.58 Å². The van der Waals surface area contributed by atoms with E-state index in [0.717, 1.165) is 5.56 Å². The maximum atomic E-state index is 12.8. The number of nitrogens with zero attached hydrogens (tertiary/aromatic N) is 2. The molecule has 2 N–H and O–H groups in total. The number of urea groups is 1. The third-order valence-electron chi connectivity index (χ3n) is 2.57. The van der Waals surface area contributed by atoms with Gasteiger partial charge in [-0.25, -0.2) is 9.18 Å². The fraction of sp³-hybridized carbons (Fsp3) is 0.167. The molecule has 2 amide bonds. The third-order valence-corrected chi connectivity index (χ3v) is 2.57. The second-order valence-corrected chi connectivity index (χ2v) is 3.71. The number of benzene rings is 1. The molecule has 0 radical (unpaired) electrons. The number of nitrogens with two attached hydrogens (primary N) is 1. The van der Waals surface area contributed by atoms with Gasteiger partial charge in [0.15, 0.2) is 0 Å². The molecule has 0 spiro atoms. The van der Waals surface area contributed by atoms with Gasteiger partial charge in [0.2, 0.25) is 0 Å². The number of aliphatic imine (C=N–C) groups is 1. The Kier molecular flexibility index (Phi) is 2.91. The predicted molar refractivity (Wildman–Crippen MR) is 63.1 cm³/mol. The summed E-state index contributed by atoms with van der Waals surface area (Å²) in [6.07, 6.45) is 1.60. The number of amidine groups is 1. The lowest BCUT2D eigenvalue weighted by molar-refractivity contribution is 0.213. The normalized spacial score (nSPS) is 19.4. The summed E-state index contributed by atoms with van der Waals surface area (Å²) in [4.78, 5) is 16.8. The Morgan fingerprint density at radius 1 is 1.47 bits per heavy atom. The van der Waals surface area contributed by atoms with Crippen LogP contribution in [0.4, 0.5) is 9.18 Å². The van der Waals surface area contributed by atoms with Gasteiger partial charge in [-0.2, -0.15) is 4.99 Å². The number of rotatable bonds is 3. The zero-order valence-electron chi connectivity index (χ0n) is 9.14. The van der Waals surface area contributed by atoms with Crippen LogP contribution in [0.25, 0.3) is 0 Å². The highest BCUT2D eigenvalue weighted by Crippen LogP contribution is 2.26. The summed E-state index contributed by atoms with van der Waals surface area (Å²) in [6.45, 7) is 3.93. The highest BCUT2D eigenvalue weighted by atomic mass is 19.1. The van der Waals surface area contributed by atoms with Gasteiger partial charge < -0.3 is 10.6 Å². The molecule has 1 atom stereocenters. The minimum atomic E-state index is -0.430. The fourth-order valence-electron chi connectivity index (χ4n) is 1.82. The van der Waals surface area contributed by atoms with E-state index in [9.17, 15) is 9.18 Å². The number of halogens is 1. The number of hydrogen-bond acceptors (Lipinski definition) is 2. The van der Waals surface area contributed by atoms with Crippen molar-refractivity contribution in [1.82, 2.24) is 4.90 Å². The lowest BCUT2D eigenvalue weighted by Crippen LogP contribution is -2.33. The lowest BCUT2D eigenvalue weighted by atomic mass is 10.1. The molecule has 1 aromatic rings. The number of hydrogen-bond donors (Lipinski definition) is 1. The predicted octanol–water partition coefficient (Wildman–Crippen LogP) is 1.85. The van der Waals surface area contributed by atoms with Gasteiger partial charge in [-0.1, -0.05) is 18.2 Å². The molecule has 17 heavy (non-hydrogen) atoms. The van der Waals surface area contributed by atoms with Gasteiger partial charge in [0.25, 0.3) is 0 Å². The maximum absolute atomic E-state index is 12.8. The summed E-state index contributed by atoms with van der Waals surface area (Å²) in [5.41, 5.74) is 6.46. The molecular weight excluding hydrogens is 221 g/mol. The van der Waals surface area contributed by atoms with Crippen molar-refractivity contribution in [3.05, 3.63) is 48.3 Å². The topological polar surface area (TPSA) is 58.7 Å². The molecule has 0 aromatic heterocycles. The summed E-state index contributed by atoms with van der Waals surface area (Å²) in [5, 5.41) is 0. The van der Waals surface area contributed by atoms with E-state index in [4.69, 9.17) is 5.73 Å². The minimum Gasteiger partial charge on any atom is -0.385 e. The van der Waals surface area contributed by atoms with Gasteiger partial charge >= 0.3 is 6.03 Å². The third kappa shape index (κ3) is 2.04. The van der Waals surface area contributed by atoms with Gasteiger partial charge in [0, 0.05) is 6.54 Å². The second kappa shape index (κ2) is 4.37. The van der Waals surface area contributed by atoms with Crippen LogP contribution >= 0.6 is 0 Å². The molecule has 1 aliphatic rings. The molecule has 0 bridgehead atoms. The van der Waals surface area contributed by atoms with Crippen molar-refractivity contribution in [2.45, 2.75) is 6.04 Å². The molecule has 2 rings (SSSR count). The molecular formula is C12H12FN3O. The first kappa shape index (κ1) is 11.3. The Hall–Kier alpha value is -2.17. The van der Waals surface area contributed by atoms with Crippen LogP contribution < -0.4 is 5.73 Å². The molecule has 1 aromatic carbocycles. The smallest absolute Gasteiger partial charge is 0.346 e. The van der Waals surface area contributed by atoms with Crippen LogP contribution in [0, 0.1) is 5.82 Å². The highest BCUT2D eigenvalue weighted by molar-refractivity contribution is 6.03. The van der Waals surface area contributed by atoms with Crippen molar-refractivity contribution < 1.29 is 9.18 Å². The quantitative estimate of drug-likeness (QED) is 0.810. The van der Waals surface area contributed by atoms with E-state index >= 15 is 0 Å². The molecule has 4 nitrogen and oxygen atoms in total. The van der Waals surface area contributed by atoms with Crippen molar-refractivity contribution in [3.63, 3.8) is 0 Å². The fourth-order valence-corrected chi connectivity index (χ4v) is 1.82. The Morgan fingerprint density at radius 3 is 2.71 bits per heavy atom. The van der Waals surface area contributed by atoms with Gasteiger partial charge in [0.1, 0.15) is 17.7 Å². The first-order valence-electron chi connectivity index (χ1n) is 5.14. The Bertz CT molecular complexity index is 481. The Morgan fingerprint density at radius 2 is 2.12 bits per heavy atom. The van der Waals surface area contributed by atoms with E-state index in [1.54, 1.807) is 18.2 Å². The van der Waals surface area contributed by atoms with Crippen LogP contribution in [0.2, 0.25) is 0 Å². The summed E-state index contributed by atoms with van der Waals surface area (Å²) in [5.74, 6) is -0.104. The van der Waals surface area contributed by atoms with Crippen LogP contribution in [0.15, 0.2) is 41.9 Å². The van der Waals surface area contributed by atoms with Gasteiger partial charge in [0.05, 0.1) is 0 Å². The summed E-state index contributed by atoms with van der Waals surface area (Å²) >= 11 is 0. The number of carbonyl (C=O) groups is 1. The summed E-state index contributed by atoms with van der Waals surface area (Å²) in [7, 11) is 0. The van der Waals surface area contributed by atoms with E-state index in [-0.39, 0.29) is 11.7 Å². The van der Waals surface area contributed by atoms with E-state index in [1.807, 2.05) is 0 Å².